The predicted octanol–water partition coefficient (Wildman–Crippen LogP) is 5.28. The maximum absolute atomic E-state index is 13.0. The van der Waals surface area contributed by atoms with E-state index in [-0.39, 0.29) is 18.1 Å². The van der Waals surface area contributed by atoms with Crippen molar-refractivity contribution >= 4 is 11.6 Å². The molecule has 0 saturated carbocycles. The fourth-order valence-corrected chi connectivity index (χ4v) is 4.00. The molecule has 0 radical (unpaired) electrons. The zero-order chi connectivity index (χ0) is 21.6. The number of benzene rings is 2. The third kappa shape index (κ3) is 6.01. The first-order valence-electron chi connectivity index (χ1n) is 10.9. The molecular formula is C25H28FN3O2. The molecule has 1 aromatic heterocycles. The van der Waals surface area contributed by atoms with Crippen molar-refractivity contribution in [3.63, 3.8) is 0 Å². The third-order valence-electron chi connectivity index (χ3n) is 5.63. The number of nitrogens with zero attached hydrogens (tertiary/aromatic N) is 2. The Labute approximate surface area is 182 Å². The standard InChI is InChI=1S/C25H28FN3O2/c1-18-3-2-14-29(16-18)17-19-4-10-22(11-5-19)28-24(30)12-13-25-27-15-23(31-25)20-6-8-21(26)9-7-20/h4-11,15,18H,2-3,12-14,16-17H2,1H3,(H,28,30). The summed E-state index contributed by atoms with van der Waals surface area (Å²) < 4.78 is 18.7. The van der Waals surface area contributed by atoms with Crippen LogP contribution < -0.4 is 5.32 Å². The minimum absolute atomic E-state index is 0.0841. The lowest BCUT2D eigenvalue weighted by molar-refractivity contribution is -0.116. The number of amides is 1. The first kappa shape index (κ1) is 21.2. The van der Waals surface area contributed by atoms with Gasteiger partial charge in [-0.15, -0.1) is 0 Å². The topological polar surface area (TPSA) is 58.4 Å². The van der Waals surface area contributed by atoms with Gasteiger partial charge in [-0.3, -0.25) is 9.69 Å². The Bertz CT molecular complexity index is 998. The van der Waals surface area contributed by atoms with Gasteiger partial charge in [0.1, 0.15) is 5.82 Å². The number of nitrogens with one attached hydrogen (secondary N) is 1. The monoisotopic (exact) mass is 421 g/mol. The maximum Gasteiger partial charge on any atom is 0.224 e. The Morgan fingerprint density at radius 2 is 1.97 bits per heavy atom. The zero-order valence-electron chi connectivity index (χ0n) is 17.8. The molecule has 1 N–H and O–H groups in total. The van der Waals surface area contributed by atoms with Crippen molar-refractivity contribution in [3.05, 3.63) is 72.0 Å². The average molecular weight is 422 g/mol. The van der Waals surface area contributed by atoms with E-state index in [1.165, 1.54) is 30.5 Å². The fourth-order valence-electron chi connectivity index (χ4n) is 4.00. The minimum atomic E-state index is -0.297. The van der Waals surface area contributed by atoms with Gasteiger partial charge in [0.2, 0.25) is 5.91 Å². The van der Waals surface area contributed by atoms with Gasteiger partial charge in [0, 0.05) is 37.2 Å². The highest BCUT2D eigenvalue weighted by atomic mass is 19.1. The fraction of sp³-hybridized carbons (Fsp3) is 0.360. The summed E-state index contributed by atoms with van der Waals surface area (Å²) in [6, 6.07) is 14.1. The van der Waals surface area contributed by atoms with E-state index < -0.39 is 0 Å². The number of carbonyl (C=O) groups is 1. The summed E-state index contributed by atoms with van der Waals surface area (Å²) in [5, 5.41) is 2.93. The summed E-state index contributed by atoms with van der Waals surface area (Å²) in [7, 11) is 0. The van der Waals surface area contributed by atoms with Crippen LogP contribution in [0.5, 0.6) is 0 Å². The molecule has 5 nitrogen and oxygen atoms in total. The van der Waals surface area contributed by atoms with Crippen molar-refractivity contribution in [2.75, 3.05) is 18.4 Å². The average Bonchev–Trinajstić information content (AvgIpc) is 3.23. The van der Waals surface area contributed by atoms with E-state index in [2.05, 4.69) is 34.3 Å². The number of anilines is 1. The van der Waals surface area contributed by atoms with Gasteiger partial charge in [-0.1, -0.05) is 19.1 Å². The summed E-state index contributed by atoms with van der Waals surface area (Å²) in [5.41, 5.74) is 2.81. The van der Waals surface area contributed by atoms with E-state index in [0.717, 1.165) is 36.8 Å². The van der Waals surface area contributed by atoms with Gasteiger partial charge in [0.15, 0.2) is 11.7 Å². The molecule has 1 aliphatic rings. The highest BCUT2D eigenvalue weighted by molar-refractivity contribution is 5.90. The lowest BCUT2D eigenvalue weighted by Gasteiger charge is -2.30. The summed E-state index contributed by atoms with van der Waals surface area (Å²) in [6.07, 6.45) is 4.87. The SMILES string of the molecule is CC1CCCN(Cc2ccc(NC(=O)CCc3ncc(-c4ccc(F)cc4)o3)cc2)C1. The van der Waals surface area contributed by atoms with Crippen molar-refractivity contribution in [1.82, 2.24) is 9.88 Å². The predicted molar refractivity (Wildman–Crippen MR) is 119 cm³/mol. The third-order valence-corrected chi connectivity index (χ3v) is 5.63. The molecular weight excluding hydrogens is 393 g/mol. The lowest BCUT2D eigenvalue weighted by atomic mass is 10.00. The quantitative estimate of drug-likeness (QED) is 0.564. The number of hydrogen-bond donors (Lipinski definition) is 1. The van der Waals surface area contributed by atoms with Gasteiger partial charge < -0.3 is 9.73 Å². The molecule has 1 aliphatic heterocycles. The van der Waals surface area contributed by atoms with Crippen LogP contribution in [0.1, 0.15) is 37.6 Å². The Morgan fingerprint density at radius 3 is 2.71 bits per heavy atom. The number of aryl methyl sites for hydroxylation is 1. The molecule has 2 heterocycles. The van der Waals surface area contributed by atoms with Crippen LogP contribution in [0.25, 0.3) is 11.3 Å². The van der Waals surface area contributed by atoms with Crippen molar-refractivity contribution in [2.45, 2.75) is 39.2 Å². The normalized spacial score (nSPS) is 16.9. The number of carbonyl (C=O) groups excluding carboxylic acids is 1. The summed E-state index contributed by atoms with van der Waals surface area (Å²) >= 11 is 0. The molecule has 1 saturated heterocycles. The number of likely N-dealkylation sites (tertiary alicyclic amines) is 1. The highest BCUT2D eigenvalue weighted by Gasteiger charge is 2.16. The van der Waals surface area contributed by atoms with Gasteiger partial charge in [0.25, 0.3) is 0 Å². The molecule has 2 aromatic carbocycles. The van der Waals surface area contributed by atoms with Crippen molar-refractivity contribution in [3.8, 4) is 11.3 Å². The second-order valence-corrected chi connectivity index (χ2v) is 8.35. The molecule has 4 rings (SSSR count). The number of aromatic nitrogens is 1. The van der Waals surface area contributed by atoms with Crippen LogP contribution in [0.2, 0.25) is 0 Å². The molecule has 1 atom stereocenters. The van der Waals surface area contributed by atoms with Gasteiger partial charge in [-0.2, -0.15) is 0 Å². The summed E-state index contributed by atoms with van der Waals surface area (Å²) in [5.74, 6) is 1.44. The molecule has 0 spiro atoms. The molecule has 1 amide bonds. The van der Waals surface area contributed by atoms with Gasteiger partial charge in [-0.25, -0.2) is 9.37 Å². The van der Waals surface area contributed by atoms with Crippen LogP contribution in [0, 0.1) is 11.7 Å². The first-order chi connectivity index (χ1) is 15.0. The zero-order valence-corrected chi connectivity index (χ0v) is 17.8. The van der Waals surface area contributed by atoms with E-state index >= 15 is 0 Å². The van der Waals surface area contributed by atoms with E-state index in [1.807, 2.05) is 12.1 Å². The Balaban J connectivity index is 1.25. The van der Waals surface area contributed by atoms with E-state index in [0.29, 0.717) is 18.1 Å². The van der Waals surface area contributed by atoms with Crippen LogP contribution in [0.4, 0.5) is 10.1 Å². The number of rotatable bonds is 7. The number of piperidine rings is 1. The van der Waals surface area contributed by atoms with Crippen LogP contribution >= 0.6 is 0 Å². The highest BCUT2D eigenvalue weighted by Crippen LogP contribution is 2.22. The number of halogens is 1. The molecule has 162 valence electrons. The van der Waals surface area contributed by atoms with Crippen LogP contribution in [-0.4, -0.2) is 28.9 Å². The second kappa shape index (κ2) is 9.88. The Kier molecular flexibility index (Phi) is 6.77. The van der Waals surface area contributed by atoms with Gasteiger partial charge in [-0.05, 0) is 67.3 Å². The minimum Gasteiger partial charge on any atom is -0.441 e. The van der Waals surface area contributed by atoms with Gasteiger partial charge in [0.05, 0.1) is 6.20 Å². The van der Waals surface area contributed by atoms with Crippen LogP contribution in [0.15, 0.2) is 59.1 Å². The van der Waals surface area contributed by atoms with Crippen molar-refractivity contribution in [2.24, 2.45) is 5.92 Å². The molecule has 1 unspecified atom stereocenters. The van der Waals surface area contributed by atoms with Crippen LogP contribution in [0.3, 0.4) is 0 Å². The van der Waals surface area contributed by atoms with Crippen LogP contribution in [-0.2, 0) is 17.8 Å². The van der Waals surface area contributed by atoms with Gasteiger partial charge >= 0.3 is 0 Å². The maximum atomic E-state index is 13.0. The number of oxazole rings is 1. The summed E-state index contributed by atoms with van der Waals surface area (Å²) in [6.45, 7) is 5.58. The largest absolute Gasteiger partial charge is 0.441 e. The smallest absolute Gasteiger partial charge is 0.224 e. The second-order valence-electron chi connectivity index (χ2n) is 8.35. The number of hydrogen-bond acceptors (Lipinski definition) is 4. The summed E-state index contributed by atoms with van der Waals surface area (Å²) in [4.78, 5) is 19.0. The molecule has 1 fully saturated rings. The van der Waals surface area contributed by atoms with E-state index in [1.54, 1.807) is 18.3 Å². The molecule has 31 heavy (non-hydrogen) atoms. The molecule has 6 heteroatoms. The molecule has 0 aliphatic carbocycles. The molecule has 0 bridgehead atoms. The van der Waals surface area contributed by atoms with E-state index in [4.69, 9.17) is 4.42 Å². The Morgan fingerprint density at radius 1 is 1.19 bits per heavy atom. The van der Waals surface area contributed by atoms with Crippen molar-refractivity contribution in [1.29, 1.82) is 0 Å². The first-order valence-corrected chi connectivity index (χ1v) is 10.9. The Hall–Kier alpha value is -2.99. The lowest BCUT2D eigenvalue weighted by Crippen LogP contribution is -2.33. The van der Waals surface area contributed by atoms with E-state index in [9.17, 15) is 9.18 Å². The van der Waals surface area contributed by atoms with Crippen molar-refractivity contribution < 1.29 is 13.6 Å². The molecule has 3 aromatic rings.